The SMILES string of the molecule is CN=C(NCCc1cn2ccccc2n1)NCCc1ccc(F)cc1C. The largest absolute Gasteiger partial charge is 0.356 e. The van der Waals surface area contributed by atoms with Crippen molar-refractivity contribution in [3.05, 3.63) is 71.4 Å². The molecule has 0 spiro atoms. The van der Waals surface area contributed by atoms with Gasteiger partial charge in [-0.3, -0.25) is 4.99 Å². The summed E-state index contributed by atoms with van der Waals surface area (Å²) in [7, 11) is 1.75. The average Bonchev–Trinajstić information content (AvgIpc) is 3.05. The van der Waals surface area contributed by atoms with Gasteiger partial charge in [-0.1, -0.05) is 12.1 Å². The summed E-state index contributed by atoms with van der Waals surface area (Å²) in [5.74, 6) is 0.567. The van der Waals surface area contributed by atoms with Crippen LogP contribution in [0.5, 0.6) is 0 Å². The minimum absolute atomic E-state index is 0.191. The second kappa shape index (κ2) is 8.47. The molecule has 2 heterocycles. The first-order valence-electron chi connectivity index (χ1n) is 8.78. The molecule has 6 heteroatoms. The Morgan fingerprint density at radius 3 is 2.69 bits per heavy atom. The van der Waals surface area contributed by atoms with Crippen LogP contribution < -0.4 is 10.6 Å². The number of hydrogen-bond donors (Lipinski definition) is 2. The molecule has 2 aromatic heterocycles. The zero-order valence-corrected chi connectivity index (χ0v) is 15.2. The van der Waals surface area contributed by atoms with Gasteiger partial charge in [0.1, 0.15) is 11.5 Å². The molecule has 2 N–H and O–H groups in total. The van der Waals surface area contributed by atoms with E-state index in [0.717, 1.165) is 54.4 Å². The first-order valence-corrected chi connectivity index (χ1v) is 8.78. The Morgan fingerprint density at radius 1 is 1.15 bits per heavy atom. The smallest absolute Gasteiger partial charge is 0.190 e. The quantitative estimate of drug-likeness (QED) is 0.529. The van der Waals surface area contributed by atoms with Crippen molar-refractivity contribution < 1.29 is 4.39 Å². The average molecular weight is 353 g/mol. The van der Waals surface area contributed by atoms with E-state index in [1.807, 2.05) is 48.0 Å². The van der Waals surface area contributed by atoms with Gasteiger partial charge in [0.25, 0.3) is 0 Å². The van der Waals surface area contributed by atoms with Gasteiger partial charge in [-0.2, -0.15) is 0 Å². The van der Waals surface area contributed by atoms with Crippen molar-refractivity contribution in [3.63, 3.8) is 0 Å². The van der Waals surface area contributed by atoms with Crippen LogP contribution in [0.1, 0.15) is 16.8 Å². The fourth-order valence-corrected chi connectivity index (χ4v) is 2.89. The molecular formula is C20H24FN5. The minimum atomic E-state index is -0.191. The Bertz CT molecular complexity index is 867. The maximum atomic E-state index is 13.1. The third-order valence-corrected chi connectivity index (χ3v) is 4.30. The van der Waals surface area contributed by atoms with E-state index < -0.39 is 0 Å². The standard InChI is InChI=1S/C20H24FN5/c1-15-13-17(21)7-6-16(15)8-10-23-20(22-2)24-11-9-18-14-26-12-4-3-5-19(26)25-18/h3-7,12-14H,8-11H2,1-2H3,(H2,22,23,24). The van der Waals surface area contributed by atoms with Crippen LogP contribution in [0.4, 0.5) is 4.39 Å². The van der Waals surface area contributed by atoms with Crippen LogP contribution in [0.2, 0.25) is 0 Å². The number of nitrogens with one attached hydrogen (secondary N) is 2. The van der Waals surface area contributed by atoms with Crippen molar-refractivity contribution in [1.29, 1.82) is 0 Å². The number of guanidine groups is 1. The lowest BCUT2D eigenvalue weighted by Crippen LogP contribution is -2.39. The summed E-state index contributed by atoms with van der Waals surface area (Å²) in [6.07, 6.45) is 5.68. The van der Waals surface area contributed by atoms with Crippen molar-refractivity contribution >= 4 is 11.6 Å². The number of aryl methyl sites for hydroxylation is 1. The van der Waals surface area contributed by atoms with E-state index in [2.05, 4.69) is 20.6 Å². The van der Waals surface area contributed by atoms with Crippen LogP contribution in [0.3, 0.4) is 0 Å². The molecule has 1 aromatic carbocycles. The Balaban J connectivity index is 1.44. The second-order valence-corrected chi connectivity index (χ2v) is 6.19. The summed E-state index contributed by atoms with van der Waals surface area (Å²) < 4.78 is 15.2. The molecule has 0 radical (unpaired) electrons. The van der Waals surface area contributed by atoms with Crippen molar-refractivity contribution in [1.82, 2.24) is 20.0 Å². The molecule has 0 aliphatic rings. The number of aromatic nitrogens is 2. The maximum absolute atomic E-state index is 13.1. The number of rotatable bonds is 6. The molecule has 0 saturated heterocycles. The molecule has 5 nitrogen and oxygen atoms in total. The van der Waals surface area contributed by atoms with Crippen molar-refractivity contribution in [2.24, 2.45) is 4.99 Å². The Kier molecular flexibility index (Phi) is 5.84. The fraction of sp³-hybridized carbons (Fsp3) is 0.300. The predicted molar refractivity (Wildman–Crippen MR) is 103 cm³/mol. The molecule has 0 atom stereocenters. The third kappa shape index (κ3) is 4.59. The molecule has 0 fully saturated rings. The van der Waals surface area contributed by atoms with Crippen LogP contribution in [0.25, 0.3) is 5.65 Å². The van der Waals surface area contributed by atoms with Crippen LogP contribution in [-0.4, -0.2) is 35.5 Å². The number of hydrogen-bond acceptors (Lipinski definition) is 2. The summed E-state index contributed by atoms with van der Waals surface area (Å²) >= 11 is 0. The number of fused-ring (bicyclic) bond motifs is 1. The minimum Gasteiger partial charge on any atom is -0.356 e. The molecule has 0 saturated carbocycles. The van der Waals surface area contributed by atoms with E-state index in [9.17, 15) is 4.39 Å². The van der Waals surface area contributed by atoms with Crippen molar-refractivity contribution in [2.45, 2.75) is 19.8 Å². The zero-order valence-electron chi connectivity index (χ0n) is 15.2. The summed E-state index contributed by atoms with van der Waals surface area (Å²) in [6, 6.07) is 10.9. The van der Waals surface area contributed by atoms with Gasteiger partial charge in [-0.05, 0) is 48.7 Å². The molecule has 0 unspecified atom stereocenters. The topological polar surface area (TPSA) is 53.7 Å². The number of nitrogens with zero attached hydrogens (tertiary/aromatic N) is 3. The van der Waals surface area contributed by atoms with Crippen LogP contribution in [0, 0.1) is 12.7 Å². The Morgan fingerprint density at radius 2 is 1.96 bits per heavy atom. The van der Waals surface area contributed by atoms with Crippen LogP contribution in [0.15, 0.2) is 53.8 Å². The zero-order chi connectivity index (χ0) is 18.4. The summed E-state index contributed by atoms with van der Waals surface area (Å²) in [4.78, 5) is 8.82. The van der Waals surface area contributed by atoms with Gasteiger partial charge >= 0.3 is 0 Å². The number of aliphatic imine (C=N–C) groups is 1. The summed E-state index contributed by atoms with van der Waals surface area (Å²) in [5.41, 5.74) is 4.11. The number of pyridine rings is 1. The van der Waals surface area contributed by atoms with E-state index in [4.69, 9.17) is 0 Å². The van der Waals surface area contributed by atoms with Gasteiger partial charge in [0, 0.05) is 39.0 Å². The van der Waals surface area contributed by atoms with Gasteiger partial charge in [0.2, 0.25) is 0 Å². The van der Waals surface area contributed by atoms with E-state index in [1.54, 1.807) is 13.1 Å². The highest BCUT2D eigenvalue weighted by Gasteiger charge is 2.03. The van der Waals surface area contributed by atoms with E-state index in [1.165, 1.54) is 6.07 Å². The van der Waals surface area contributed by atoms with Gasteiger partial charge < -0.3 is 15.0 Å². The Hall–Kier alpha value is -2.89. The monoisotopic (exact) mass is 353 g/mol. The molecule has 0 aliphatic carbocycles. The number of imidazole rings is 1. The molecule has 3 rings (SSSR count). The molecule has 26 heavy (non-hydrogen) atoms. The number of benzene rings is 1. The lowest BCUT2D eigenvalue weighted by atomic mass is 10.1. The van der Waals surface area contributed by atoms with Gasteiger partial charge in [-0.25, -0.2) is 9.37 Å². The molecular weight excluding hydrogens is 329 g/mol. The fourth-order valence-electron chi connectivity index (χ4n) is 2.89. The highest BCUT2D eigenvalue weighted by atomic mass is 19.1. The molecule has 3 aromatic rings. The highest BCUT2D eigenvalue weighted by molar-refractivity contribution is 5.79. The second-order valence-electron chi connectivity index (χ2n) is 6.19. The summed E-state index contributed by atoms with van der Waals surface area (Å²) in [6.45, 7) is 3.42. The molecule has 0 bridgehead atoms. The first kappa shape index (κ1) is 17.9. The number of halogens is 1. The van der Waals surface area contributed by atoms with E-state index in [-0.39, 0.29) is 5.82 Å². The van der Waals surface area contributed by atoms with Crippen LogP contribution in [-0.2, 0) is 12.8 Å². The van der Waals surface area contributed by atoms with Crippen LogP contribution >= 0.6 is 0 Å². The van der Waals surface area contributed by atoms with Gasteiger partial charge in [-0.15, -0.1) is 0 Å². The normalized spacial score (nSPS) is 11.7. The van der Waals surface area contributed by atoms with Gasteiger partial charge in [0.15, 0.2) is 5.96 Å². The van der Waals surface area contributed by atoms with Crippen molar-refractivity contribution in [3.8, 4) is 0 Å². The van der Waals surface area contributed by atoms with Crippen molar-refractivity contribution in [2.75, 3.05) is 20.1 Å². The van der Waals surface area contributed by atoms with E-state index in [0.29, 0.717) is 0 Å². The molecule has 0 amide bonds. The molecule has 0 aliphatic heterocycles. The third-order valence-electron chi connectivity index (χ3n) is 4.30. The first-order chi connectivity index (χ1) is 12.7. The lowest BCUT2D eigenvalue weighted by molar-refractivity contribution is 0.625. The highest BCUT2D eigenvalue weighted by Crippen LogP contribution is 2.10. The van der Waals surface area contributed by atoms with E-state index >= 15 is 0 Å². The molecule has 136 valence electrons. The Labute approximate surface area is 153 Å². The van der Waals surface area contributed by atoms with Gasteiger partial charge in [0.05, 0.1) is 5.69 Å². The lowest BCUT2D eigenvalue weighted by Gasteiger charge is -2.12. The predicted octanol–water partition coefficient (Wildman–Crippen LogP) is 2.73. The summed E-state index contributed by atoms with van der Waals surface area (Å²) in [5, 5.41) is 6.59. The maximum Gasteiger partial charge on any atom is 0.190 e.